The van der Waals surface area contributed by atoms with Crippen molar-refractivity contribution in [1.82, 2.24) is 5.16 Å². The second-order valence-corrected chi connectivity index (χ2v) is 3.77. The molecule has 2 rings (SSSR count). The first-order chi connectivity index (χ1) is 8.33. The van der Waals surface area contributed by atoms with Gasteiger partial charge in [-0.2, -0.15) is 0 Å². The highest BCUT2D eigenvalue weighted by Gasteiger charge is 2.19. The molecular weight excluding hydrogens is 216 g/mol. The Labute approximate surface area is 99.7 Å². The first-order valence-electron chi connectivity index (χ1n) is 5.58. The van der Waals surface area contributed by atoms with Crippen molar-refractivity contribution < 1.29 is 9.53 Å². The zero-order valence-electron chi connectivity index (χ0n) is 9.50. The second kappa shape index (κ2) is 5.30. The average molecular weight is 230 g/mol. The Hall–Kier alpha value is -2.10. The van der Waals surface area contributed by atoms with Gasteiger partial charge < -0.3 is 5.21 Å². The standard InChI is InChI=1S/C13H14N2O2/c1-2-3-5-10-12-13(14-17-15(12)16)11-8-6-4-7-9-11/h2,4,6-9H,1,3,5,10H2. The van der Waals surface area contributed by atoms with E-state index in [0.29, 0.717) is 22.7 Å². The molecule has 0 radical (unpaired) electrons. The van der Waals surface area contributed by atoms with Gasteiger partial charge in [-0.05, 0) is 17.7 Å². The largest absolute Gasteiger partial charge is 0.359 e. The van der Waals surface area contributed by atoms with E-state index < -0.39 is 0 Å². The predicted molar refractivity (Wildman–Crippen MR) is 64.0 cm³/mol. The third-order valence-corrected chi connectivity index (χ3v) is 2.57. The van der Waals surface area contributed by atoms with E-state index in [9.17, 15) is 5.21 Å². The lowest BCUT2D eigenvalue weighted by atomic mass is 10.1. The van der Waals surface area contributed by atoms with E-state index in [1.807, 2.05) is 36.4 Å². The number of hydrogen-bond donors (Lipinski definition) is 0. The molecule has 0 aliphatic heterocycles. The summed E-state index contributed by atoms with van der Waals surface area (Å²) in [6, 6.07) is 9.56. The normalized spacial score (nSPS) is 10.4. The topological polar surface area (TPSA) is 53.0 Å². The second-order valence-electron chi connectivity index (χ2n) is 3.77. The Bertz CT molecular complexity index is 491. The van der Waals surface area contributed by atoms with Crippen LogP contribution in [0, 0.1) is 5.21 Å². The summed E-state index contributed by atoms with van der Waals surface area (Å²) in [4.78, 5) is 0.491. The van der Waals surface area contributed by atoms with E-state index >= 15 is 0 Å². The van der Waals surface area contributed by atoms with Crippen molar-refractivity contribution in [2.24, 2.45) is 0 Å². The lowest BCUT2D eigenvalue weighted by Gasteiger charge is -1.97. The van der Waals surface area contributed by atoms with Crippen molar-refractivity contribution in [1.29, 1.82) is 0 Å². The monoisotopic (exact) mass is 230 g/mol. The SMILES string of the molecule is C=CCCCc1c(-c2ccccc2)no[n+]1[O-]. The Balaban J connectivity index is 2.26. The van der Waals surface area contributed by atoms with Crippen LogP contribution in [-0.4, -0.2) is 5.16 Å². The zero-order valence-corrected chi connectivity index (χ0v) is 9.50. The molecule has 0 saturated carbocycles. The van der Waals surface area contributed by atoms with Gasteiger partial charge in [0.15, 0.2) is 0 Å². The molecule has 0 bridgehead atoms. The van der Waals surface area contributed by atoms with Crippen molar-refractivity contribution in [3.63, 3.8) is 0 Å². The zero-order chi connectivity index (χ0) is 12.1. The fourth-order valence-corrected chi connectivity index (χ4v) is 1.71. The van der Waals surface area contributed by atoms with E-state index in [2.05, 4.69) is 16.4 Å². The van der Waals surface area contributed by atoms with E-state index in [1.165, 1.54) is 0 Å². The number of benzene rings is 1. The highest BCUT2D eigenvalue weighted by molar-refractivity contribution is 5.59. The highest BCUT2D eigenvalue weighted by atomic mass is 16.8. The first-order valence-corrected chi connectivity index (χ1v) is 5.58. The van der Waals surface area contributed by atoms with Crippen molar-refractivity contribution in [2.75, 3.05) is 0 Å². The summed E-state index contributed by atoms with van der Waals surface area (Å²) < 4.78 is 4.67. The molecule has 0 saturated heterocycles. The minimum atomic E-state index is 0.491. The average Bonchev–Trinajstić information content (AvgIpc) is 2.73. The molecule has 2 aromatic rings. The summed E-state index contributed by atoms with van der Waals surface area (Å²) in [5.74, 6) is 0. The summed E-state index contributed by atoms with van der Waals surface area (Å²) in [7, 11) is 0. The molecule has 1 aromatic carbocycles. The van der Waals surface area contributed by atoms with Gasteiger partial charge in [0.05, 0.1) is 0 Å². The molecule has 88 valence electrons. The maximum Gasteiger partial charge on any atom is 0.251 e. The number of rotatable bonds is 5. The molecule has 4 nitrogen and oxygen atoms in total. The maximum atomic E-state index is 11.5. The van der Waals surface area contributed by atoms with Crippen molar-refractivity contribution >= 4 is 0 Å². The molecule has 0 N–H and O–H groups in total. The number of nitrogens with zero attached hydrogens (tertiary/aromatic N) is 2. The van der Waals surface area contributed by atoms with Crippen LogP contribution in [0.3, 0.4) is 0 Å². The predicted octanol–water partition coefficient (Wildman–Crippen LogP) is 2.48. The molecule has 0 atom stereocenters. The van der Waals surface area contributed by atoms with Crippen LogP contribution >= 0.6 is 0 Å². The highest BCUT2D eigenvalue weighted by Crippen LogP contribution is 2.20. The Morgan fingerprint density at radius 1 is 1.35 bits per heavy atom. The van der Waals surface area contributed by atoms with Crippen LogP contribution in [0.1, 0.15) is 18.5 Å². The summed E-state index contributed by atoms with van der Waals surface area (Å²) in [5.41, 5.74) is 2.11. The molecule has 0 aliphatic rings. The van der Waals surface area contributed by atoms with Crippen LogP contribution in [0.25, 0.3) is 11.3 Å². The first kappa shape index (κ1) is 11.4. The van der Waals surface area contributed by atoms with Gasteiger partial charge in [-0.1, -0.05) is 36.4 Å². The fourth-order valence-electron chi connectivity index (χ4n) is 1.71. The maximum absolute atomic E-state index is 11.5. The number of hydrogen-bond acceptors (Lipinski definition) is 3. The number of unbranched alkanes of at least 4 members (excludes halogenated alkanes) is 1. The summed E-state index contributed by atoms with van der Waals surface area (Å²) in [6.45, 7) is 3.66. The molecule has 0 unspecified atom stereocenters. The van der Waals surface area contributed by atoms with E-state index in [4.69, 9.17) is 0 Å². The van der Waals surface area contributed by atoms with Gasteiger partial charge in [0.25, 0.3) is 5.69 Å². The van der Waals surface area contributed by atoms with Gasteiger partial charge in [-0.3, -0.25) is 4.63 Å². The molecule has 0 aliphatic carbocycles. The van der Waals surface area contributed by atoms with Crippen molar-refractivity contribution in [3.8, 4) is 11.3 Å². The van der Waals surface area contributed by atoms with Gasteiger partial charge in [0.1, 0.15) is 0 Å². The molecular formula is C13H14N2O2. The third-order valence-electron chi connectivity index (χ3n) is 2.57. The van der Waals surface area contributed by atoms with Crippen LogP contribution in [0.15, 0.2) is 47.6 Å². The minimum Gasteiger partial charge on any atom is -0.359 e. The van der Waals surface area contributed by atoms with Crippen molar-refractivity contribution in [2.45, 2.75) is 19.3 Å². The van der Waals surface area contributed by atoms with Gasteiger partial charge in [0.2, 0.25) is 5.69 Å². The Morgan fingerprint density at radius 3 is 2.82 bits per heavy atom. The smallest absolute Gasteiger partial charge is 0.251 e. The molecule has 0 fully saturated rings. The third kappa shape index (κ3) is 2.53. The Kier molecular flexibility index (Phi) is 3.55. The van der Waals surface area contributed by atoms with Crippen molar-refractivity contribution in [3.05, 3.63) is 53.9 Å². The van der Waals surface area contributed by atoms with E-state index in [0.717, 1.165) is 18.4 Å². The molecule has 1 heterocycles. The van der Waals surface area contributed by atoms with Gasteiger partial charge >= 0.3 is 0 Å². The fraction of sp³-hybridized carbons (Fsp3) is 0.231. The van der Waals surface area contributed by atoms with Crippen LogP contribution in [0.5, 0.6) is 0 Å². The molecule has 4 heteroatoms. The van der Waals surface area contributed by atoms with Crippen LogP contribution in [0.2, 0.25) is 0 Å². The van der Waals surface area contributed by atoms with Gasteiger partial charge in [-0.15, -0.1) is 6.58 Å². The van der Waals surface area contributed by atoms with Crippen LogP contribution in [0.4, 0.5) is 0 Å². The minimum absolute atomic E-state index is 0.491. The molecule has 0 spiro atoms. The number of aromatic nitrogens is 2. The molecule has 1 aromatic heterocycles. The van der Waals surface area contributed by atoms with Crippen LogP contribution < -0.4 is 4.90 Å². The van der Waals surface area contributed by atoms with Gasteiger partial charge in [-0.25, -0.2) is 0 Å². The lowest BCUT2D eigenvalue weighted by molar-refractivity contribution is -0.807. The van der Waals surface area contributed by atoms with E-state index in [1.54, 1.807) is 0 Å². The molecule has 17 heavy (non-hydrogen) atoms. The lowest BCUT2D eigenvalue weighted by Crippen LogP contribution is -2.28. The van der Waals surface area contributed by atoms with Gasteiger partial charge in [0, 0.05) is 17.1 Å². The quantitative estimate of drug-likeness (QED) is 0.450. The molecule has 0 amide bonds. The summed E-state index contributed by atoms with van der Waals surface area (Å²) in [5, 5.41) is 15.3. The Morgan fingerprint density at radius 2 is 2.12 bits per heavy atom. The summed E-state index contributed by atoms with van der Waals surface area (Å²) in [6.07, 6.45) is 4.22. The number of allylic oxidation sites excluding steroid dienone is 1. The van der Waals surface area contributed by atoms with Crippen LogP contribution in [-0.2, 0) is 6.42 Å². The summed E-state index contributed by atoms with van der Waals surface area (Å²) >= 11 is 0. The van der Waals surface area contributed by atoms with E-state index in [-0.39, 0.29) is 0 Å².